The van der Waals surface area contributed by atoms with E-state index in [1.807, 2.05) is 38.2 Å². The zero-order chi connectivity index (χ0) is 15.0. The van der Waals surface area contributed by atoms with Crippen LogP contribution in [0.2, 0.25) is 0 Å². The molecule has 0 aliphatic heterocycles. The molecule has 0 aliphatic rings. The summed E-state index contributed by atoms with van der Waals surface area (Å²) in [7, 11) is 1.83. The third-order valence-corrected chi connectivity index (χ3v) is 2.88. The Morgan fingerprint density at radius 1 is 1.30 bits per heavy atom. The monoisotopic (exact) mass is 279 g/mol. The first-order valence-corrected chi connectivity index (χ1v) is 6.58. The lowest BCUT2D eigenvalue weighted by Crippen LogP contribution is -2.39. The normalized spacial score (nSPS) is 11.7. The first-order valence-electron chi connectivity index (χ1n) is 6.58. The van der Waals surface area contributed by atoms with E-state index in [2.05, 4.69) is 16.0 Å². The van der Waals surface area contributed by atoms with E-state index in [1.54, 1.807) is 0 Å². The minimum absolute atomic E-state index is 0.0813. The van der Waals surface area contributed by atoms with E-state index in [1.165, 1.54) is 0 Å². The Hall–Kier alpha value is -2.08. The van der Waals surface area contributed by atoms with Crippen molar-refractivity contribution in [3.8, 4) is 0 Å². The molecule has 110 valence electrons. The van der Waals surface area contributed by atoms with Crippen molar-refractivity contribution < 1.29 is 14.7 Å². The van der Waals surface area contributed by atoms with Gasteiger partial charge in [0.05, 0.1) is 6.42 Å². The number of hydrogen-bond acceptors (Lipinski definition) is 3. The van der Waals surface area contributed by atoms with Crippen LogP contribution in [0.15, 0.2) is 24.3 Å². The van der Waals surface area contributed by atoms with Crippen LogP contribution in [-0.2, 0) is 11.3 Å². The number of anilines is 1. The molecule has 0 aliphatic carbocycles. The molecule has 0 saturated heterocycles. The summed E-state index contributed by atoms with van der Waals surface area (Å²) < 4.78 is 0. The molecule has 0 bridgehead atoms. The van der Waals surface area contributed by atoms with Crippen LogP contribution in [-0.4, -0.2) is 30.2 Å². The molecule has 0 radical (unpaired) electrons. The highest BCUT2D eigenvalue weighted by atomic mass is 16.4. The smallest absolute Gasteiger partial charge is 0.319 e. The van der Waals surface area contributed by atoms with Gasteiger partial charge < -0.3 is 21.1 Å². The van der Waals surface area contributed by atoms with Gasteiger partial charge in [-0.15, -0.1) is 0 Å². The fraction of sp³-hybridized carbons (Fsp3) is 0.429. The molecule has 0 fully saturated rings. The van der Waals surface area contributed by atoms with E-state index >= 15 is 0 Å². The molecular weight excluding hydrogens is 258 g/mol. The topological polar surface area (TPSA) is 90.5 Å². The van der Waals surface area contributed by atoms with Crippen molar-refractivity contribution in [3.05, 3.63) is 29.8 Å². The van der Waals surface area contributed by atoms with Gasteiger partial charge in [0.25, 0.3) is 0 Å². The number of hydrogen-bond donors (Lipinski definition) is 4. The van der Waals surface area contributed by atoms with E-state index in [9.17, 15) is 9.59 Å². The molecule has 1 unspecified atom stereocenters. The number of aliphatic carboxylic acids is 1. The summed E-state index contributed by atoms with van der Waals surface area (Å²) >= 11 is 0. The Balaban J connectivity index is 2.63. The lowest BCUT2D eigenvalue weighted by Gasteiger charge is -2.16. The van der Waals surface area contributed by atoms with Crippen molar-refractivity contribution in [3.63, 3.8) is 0 Å². The Morgan fingerprint density at radius 2 is 2.00 bits per heavy atom. The quantitative estimate of drug-likeness (QED) is 0.612. The lowest BCUT2D eigenvalue weighted by atomic mass is 10.1. The van der Waals surface area contributed by atoms with E-state index < -0.39 is 5.97 Å². The van der Waals surface area contributed by atoms with E-state index in [0.717, 1.165) is 5.56 Å². The number of carboxylic acids is 1. The number of para-hydroxylation sites is 1. The summed E-state index contributed by atoms with van der Waals surface area (Å²) in [5, 5.41) is 17.2. The molecule has 0 spiro atoms. The molecular formula is C14H21N3O3. The summed E-state index contributed by atoms with van der Waals surface area (Å²) in [5.74, 6) is -0.923. The molecule has 6 nitrogen and oxygen atoms in total. The van der Waals surface area contributed by atoms with Gasteiger partial charge in [0.15, 0.2) is 0 Å². The van der Waals surface area contributed by atoms with Crippen molar-refractivity contribution in [2.24, 2.45) is 0 Å². The second kappa shape index (κ2) is 8.16. The fourth-order valence-electron chi connectivity index (χ4n) is 1.84. The Morgan fingerprint density at radius 3 is 2.60 bits per heavy atom. The van der Waals surface area contributed by atoms with E-state index in [0.29, 0.717) is 18.7 Å². The number of carbonyl (C=O) groups is 2. The van der Waals surface area contributed by atoms with Crippen molar-refractivity contribution in [1.29, 1.82) is 0 Å². The summed E-state index contributed by atoms with van der Waals surface area (Å²) in [4.78, 5) is 22.6. The van der Waals surface area contributed by atoms with Gasteiger partial charge >= 0.3 is 12.0 Å². The molecule has 1 aromatic carbocycles. The second-order valence-electron chi connectivity index (χ2n) is 4.49. The number of nitrogens with one attached hydrogen (secondary N) is 3. The Labute approximate surface area is 118 Å². The molecule has 1 rings (SSSR count). The van der Waals surface area contributed by atoms with Crippen molar-refractivity contribution in [2.45, 2.75) is 32.4 Å². The zero-order valence-corrected chi connectivity index (χ0v) is 11.8. The van der Waals surface area contributed by atoms with E-state index in [-0.39, 0.29) is 18.5 Å². The van der Waals surface area contributed by atoms with Crippen LogP contribution < -0.4 is 16.0 Å². The van der Waals surface area contributed by atoms with Crippen LogP contribution in [0.5, 0.6) is 0 Å². The standard InChI is InChI=1S/C14H21N3O3/c1-3-11(8-13(18)19)16-14(20)17-12-7-5-4-6-10(12)9-15-2/h4-7,11,15H,3,8-9H2,1-2H3,(H,18,19)(H2,16,17,20). The van der Waals surface area contributed by atoms with Gasteiger partial charge in [-0.05, 0) is 25.1 Å². The molecule has 6 heteroatoms. The predicted molar refractivity (Wildman–Crippen MR) is 77.7 cm³/mol. The highest BCUT2D eigenvalue weighted by Gasteiger charge is 2.14. The maximum Gasteiger partial charge on any atom is 0.319 e. The number of amides is 2. The first kappa shape index (κ1) is 16.0. The number of carboxylic acid groups (broad SMARTS) is 1. The zero-order valence-electron chi connectivity index (χ0n) is 11.8. The second-order valence-corrected chi connectivity index (χ2v) is 4.49. The van der Waals surface area contributed by atoms with Gasteiger partial charge in [0.2, 0.25) is 0 Å². The third kappa shape index (κ3) is 5.27. The average Bonchev–Trinajstić information content (AvgIpc) is 2.40. The third-order valence-electron chi connectivity index (χ3n) is 2.88. The lowest BCUT2D eigenvalue weighted by molar-refractivity contribution is -0.137. The van der Waals surface area contributed by atoms with Crippen molar-refractivity contribution in [2.75, 3.05) is 12.4 Å². The highest BCUT2D eigenvalue weighted by Crippen LogP contribution is 2.14. The largest absolute Gasteiger partial charge is 0.481 e. The molecule has 1 aromatic rings. The van der Waals surface area contributed by atoms with Gasteiger partial charge in [0, 0.05) is 18.3 Å². The Kier molecular flexibility index (Phi) is 6.52. The molecule has 2 amide bonds. The fourth-order valence-corrected chi connectivity index (χ4v) is 1.84. The maximum atomic E-state index is 11.9. The van der Waals surface area contributed by atoms with Crippen LogP contribution in [0.4, 0.5) is 10.5 Å². The van der Waals surface area contributed by atoms with E-state index in [4.69, 9.17) is 5.11 Å². The van der Waals surface area contributed by atoms with Crippen LogP contribution >= 0.6 is 0 Å². The van der Waals surface area contributed by atoms with Gasteiger partial charge in [-0.3, -0.25) is 4.79 Å². The van der Waals surface area contributed by atoms with Crippen LogP contribution in [0.3, 0.4) is 0 Å². The van der Waals surface area contributed by atoms with Crippen LogP contribution in [0.25, 0.3) is 0 Å². The molecule has 0 heterocycles. The average molecular weight is 279 g/mol. The minimum Gasteiger partial charge on any atom is -0.481 e. The molecule has 0 saturated carbocycles. The number of carbonyl (C=O) groups excluding carboxylic acids is 1. The Bertz CT molecular complexity index is 463. The predicted octanol–water partition coefficient (Wildman–Crippen LogP) is 1.78. The van der Waals surface area contributed by atoms with Gasteiger partial charge in [-0.2, -0.15) is 0 Å². The molecule has 4 N–H and O–H groups in total. The summed E-state index contributed by atoms with van der Waals surface area (Å²) in [5.41, 5.74) is 1.68. The molecule has 0 aromatic heterocycles. The minimum atomic E-state index is -0.923. The SMILES string of the molecule is CCC(CC(=O)O)NC(=O)Nc1ccccc1CNC. The first-order chi connectivity index (χ1) is 9.56. The van der Waals surface area contributed by atoms with Gasteiger partial charge in [-0.25, -0.2) is 4.79 Å². The summed E-state index contributed by atoms with van der Waals surface area (Å²) in [6.45, 7) is 2.48. The van der Waals surface area contributed by atoms with Gasteiger partial charge in [-0.1, -0.05) is 25.1 Å². The number of urea groups is 1. The van der Waals surface area contributed by atoms with Crippen LogP contribution in [0.1, 0.15) is 25.3 Å². The van der Waals surface area contributed by atoms with Crippen molar-refractivity contribution in [1.82, 2.24) is 10.6 Å². The molecule has 1 atom stereocenters. The molecule has 20 heavy (non-hydrogen) atoms. The summed E-state index contributed by atoms with van der Waals surface area (Å²) in [6.07, 6.45) is 0.486. The van der Waals surface area contributed by atoms with Crippen molar-refractivity contribution >= 4 is 17.7 Å². The summed E-state index contributed by atoms with van der Waals surface area (Å²) in [6, 6.07) is 6.70. The highest BCUT2D eigenvalue weighted by molar-refractivity contribution is 5.90. The van der Waals surface area contributed by atoms with Crippen LogP contribution in [0, 0.1) is 0 Å². The number of benzene rings is 1. The van der Waals surface area contributed by atoms with Gasteiger partial charge in [0.1, 0.15) is 0 Å². The number of rotatable bonds is 7. The maximum absolute atomic E-state index is 11.9.